The fourth-order valence-electron chi connectivity index (χ4n) is 4.02. The van der Waals surface area contributed by atoms with Crippen molar-refractivity contribution in [2.45, 2.75) is 18.9 Å². The zero-order valence-corrected chi connectivity index (χ0v) is 16.8. The Hall–Kier alpha value is -3.27. The van der Waals surface area contributed by atoms with Gasteiger partial charge in [0.2, 0.25) is 5.91 Å². The van der Waals surface area contributed by atoms with Crippen molar-refractivity contribution >= 4 is 5.91 Å². The molecule has 0 radical (unpaired) electrons. The molecular formula is C25H25NO3. The lowest BCUT2D eigenvalue weighted by Gasteiger charge is -2.32. The van der Waals surface area contributed by atoms with Crippen LogP contribution < -0.4 is 9.47 Å². The van der Waals surface area contributed by atoms with Crippen molar-refractivity contribution in [3.8, 4) is 11.5 Å². The monoisotopic (exact) mass is 387 g/mol. The Kier molecular flexibility index (Phi) is 5.52. The number of fused-ring (bicyclic) bond motifs is 1. The minimum Gasteiger partial charge on any atom is -0.493 e. The van der Waals surface area contributed by atoms with Gasteiger partial charge in [0.05, 0.1) is 20.1 Å². The number of ether oxygens (including phenoxy) is 2. The summed E-state index contributed by atoms with van der Waals surface area (Å²) in [5, 5.41) is 0. The van der Waals surface area contributed by atoms with E-state index in [-0.39, 0.29) is 11.8 Å². The standard InChI is InChI=1S/C25H25NO3/c1-28-22-15-20-13-14-26(17-21(20)16-23(22)29-2)25(27)24(18-9-5-3-6-10-18)19-11-7-4-8-12-19/h3-12,15-16,24H,13-14,17H2,1-2H3. The summed E-state index contributed by atoms with van der Waals surface area (Å²) in [6, 6.07) is 24.0. The first-order valence-corrected chi connectivity index (χ1v) is 9.83. The van der Waals surface area contributed by atoms with Crippen molar-refractivity contribution in [2.24, 2.45) is 0 Å². The van der Waals surface area contributed by atoms with E-state index in [9.17, 15) is 4.79 Å². The van der Waals surface area contributed by atoms with Gasteiger partial charge >= 0.3 is 0 Å². The van der Waals surface area contributed by atoms with Crippen LogP contribution in [0.1, 0.15) is 28.2 Å². The number of carbonyl (C=O) groups is 1. The fraction of sp³-hybridized carbons (Fsp3) is 0.240. The normalized spacial score (nSPS) is 13.1. The number of hydrogen-bond acceptors (Lipinski definition) is 3. The first kappa shape index (κ1) is 19.1. The average Bonchev–Trinajstić information content (AvgIpc) is 2.79. The Morgan fingerprint density at radius 1 is 0.828 bits per heavy atom. The summed E-state index contributed by atoms with van der Waals surface area (Å²) < 4.78 is 10.9. The van der Waals surface area contributed by atoms with Gasteiger partial charge in [-0.15, -0.1) is 0 Å². The van der Waals surface area contributed by atoms with Gasteiger partial charge in [-0.25, -0.2) is 0 Å². The molecule has 4 heteroatoms. The second-order valence-electron chi connectivity index (χ2n) is 7.24. The van der Waals surface area contributed by atoms with Crippen LogP contribution in [-0.4, -0.2) is 31.6 Å². The highest BCUT2D eigenvalue weighted by molar-refractivity contribution is 5.87. The second-order valence-corrected chi connectivity index (χ2v) is 7.24. The molecule has 1 heterocycles. The molecule has 0 N–H and O–H groups in total. The van der Waals surface area contributed by atoms with Gasteiger partial charge in [-0.1, -0.05) is 60.7 Å². The van der Waals surface area contributed by atoms with Gasteiger partial charge in [-0.3, -0.25) is 4.79 Å². The average molecular weight is 387 g/mol. The number of benzene rings is 3. The SMILES string of the molecule is COc1cc2c(cc1OC)CN(C(=O)C(c1ccccc1)c1ccccc1)CC2. The molecule has 0 aliphatic carbocycles. The van der Waals surface area contributed by atoms with Crippen LogP contribution in [0, 0.1) is 0 Å². The van der Waals surface area contributed by atoms with Crippen LogP contribution in [0.3, 0.4) is 0 Å². The molecule has 0 saturated heterocycles. The minimum absolute atomic E-state index is 0.128. The number of hydrogen-bond donors (Lipinski definition) is 0. The highest BCUT2D eigenvalue weighted by Gasteiger charge is 2.30. The molecule has 4 rings (SSSR count). The fourth-order valence-corrected chi connectivity index (χ4v) is 4.02. The van der Waals surface area contributed by atoms with E-state index in [1.54, 1.807) is 14.2 Å². The van der Waals surface area contributed by atoms with Crippen molar-refractivity contribution in [2.75, 3.05) is 20.8 Å². The maximum Gasteiger partial charge on any atom is 0.234 e. The van der Waals surface area contributed by atoms with E-state index in [4.69, 9.17) is 9.47 Å². The molecule has 3 aromatic rings. The first-order valence-electron chi connectivity index (χ1n) is 9.83. The van der Waals surface area contributed by atoms with Crippen molar-refractivity contribution in [1.82, 2.24) is 4.90 Å². The maximum absolute atomic E-state index is 13.7. The van der Waals surface area contributed by atoms with Crippen LogP contribution in [0.15, 0.2) is 72.8 Å². The largest absolute Gasteiger partial charge is 0.493 e. The predicted molar refractivity (Wildman–Crippen MR) is 113 cm³/mol. The molecule has 0 unspecified atom stereocenters. The molecule has 4 nitrogen and oxygen atoms in total. The van der Waals surface area contributed by atoms with E-state index >= 15 is 0 Å². The van der Waals surface area contributed by atoms with Crippen molar-refractivity contribution in [1.29, 1.82) is 0 Å². The van der Waals surface area contributed by atoms with Gasteiger partial charge in [0.15, 0.2) is 11.5 Å². The molecule has 0 saturated carbocycles. The van der Waals surface area contributed by atoms with Crippen LogP contribution in [0.25, 0.3) is 0 Å². The molecule has 0 fully saturated rings. The quantitative estimate of drug-likeness (QED) is 0.650. The molecule has 1 aliphatic rings. The van der Waals surface area contributed by atoms with E-state index in [1.165, 1.54) is 5.56 Å². The van der Waals surface area contributed by atoms with E-state index in [0.717, 1.165) is 28.9 Å². The predicted octanol–water partition coefficient (Wildman–Crippen LogP) is 4.42. The lowest BCUT2D eigenvalue weighted by Crippen LogP contribution is -2.39. The molecule has 0 bridgehead atoms. The van der Waals surface area contributed by atoms with Crippen LogP contribution >= 0.6 is 0 Å². The van der Waals surface area contributed by atoms with Gasteiger partial charge in [-0.05, 0) is 40.8 Å². The highest BCUT2D eigenvalue weighted by atomic mass is 16.5. The van der Waals surface area contributed by atoms with Crippen LogP contribution in [0.5, 0.6) is 11.5 Å². The van der Waals surface area contributed by atoms with E-state index in [2.05, 4.69) is 0 Å². The summed E-state index contributed by atoms with van der Waals surface area (Å²) in [7, 11) is 3.28. The Labute approximate surface area is 171 Å². The van der Waals surface area contributed by atoms with Crippen LogP contribution in [-0.2, 0) is 17.8 Å². The molecule has 1 aliphatic heterocycles. The van der Waals surface area contributed by atoms with Crippen molar-refractivity contribution in [3.63, 3.8) is 0 Å². The third-order valence-corrected chi connectivity index (χ3v) is 5.54. The summed E-state index contributed by atoms with van der Waals surface area (Å²) in [4.78, 5) is 15.6. The second kappa shape index (κ2) is 8.39. The molecule has 0 aromatic heterocycles. The molecule has 3 aromatic carbocycles. The summed E-state index contributed by atoms with van der Waals surface area (Å²) in [6.45, 7) is 1.27. The number of methoxy groups -OCH3 is 2. The van der Waals surface area contributed by atoms with Crippen molar-refractivity contribution < 1.29 is 14.3 Å². The summed E-state index contributed by atoms with van der Waals surface area (Å²) in [6.07, 6.45) is 0.803. The summed E-state index contributed by atoms with van der Waals surface area (Å²) in [5.74, 6) is 1.25. The van der Waals surface area contributed by atoms with E-state index in [1.807, 2.05) is 77.7 Å². The third-order valence-electron chi connectivity index (χ3n) is 5.54. The summed E-state index contributed by atoms with van der Waals surface area (Å²) in [5.41, 5.74) is 4.36. The first-order chi connectivity index (χ1) is 14.2. The van der Waals surface area contributed by atoms with Gasteiger partial charge in [-0.2, -0.15) is 0 Å². The molecular weight excluding hydrogens is 362 g/mol. The zero-order valence-electron chi connectivity index (χ0n) is 16.8. The number of amides is 1. The minimum atomic E-state index is -0.306. The molecule has 29 heavy (non-hydrogen) atoms. The highest BCUT2D eigenvalue weighted by Crippen LogP contribution is 2.35. The Morgan fingerprint density at radius 2 is 1.34 bits per heavy atom. The number of carbonyl (C=O) groups excluding carboxylic acids is 1. The Morgan fingerprint density at radius 3 is 1.86 bits per heavy atom. The topological polar surface area (TPSA) is 38.8 Å². The van der Waals surface area contributed by atoms with E-state index < -0.39 is 0 Å². The van der Waals surface area contributed by atoms with Gasteiger partial charge in [0.25, 0.3) is 0 Å². The van der Waals surface area contributed by atoms with E-state index in [0.29, 0.717) is 18.8 Å². The lowest BCUT2D eigenvalue weighted by molar-refractivity contribution is -0.132. The summed E-state index contributed by atoms with van der Waals surface area (Å²) >= 11 is 0. The Bertz CT molecular complexity index is 946. The molecule has 1 amide bonds. The van der Waals surface area contributed by atoms with Gasteiger partial charge in [0, 0.05) is 13.1 Å². The smallest absolute Gasteiger partial charge is 0.234 e. The van der Waals surface area contributed by atoms with Gasteiger partial charge < -0.3 is 14.4 Å². The van der Waals surface area contributed by atoms with Gasteiger partial charge in [0.1, 0.15) is 0 Å². The lowest BCUT2D eigenvalue weighted by atomic mass is 9.89. The number of nitrogens with zero attached hydrogens (tertiary/aromatic N) is 1. The zero-order chi connectivity index (χ0) is 20.2. The molecule has 0 spiro atoms. The molecule has 148 valence electrons. The third kappa shape index (κ3) is 3.83. The number of rotatable bonds is 5. The van der Waals surface area contributed by atoms with Crippen molar-refractivity contribution in [3.05, 3.63) is 95.1 Å². The maximum atomic E-state index is 13.7. The molecule has 0 atom stereocenters. The Balaban J connectivity index is 1.66. The van der Waals surface area contributed by atoms with Crippen LogP contribution in [0.2, 0.25) is 0 Å². The van der Waals surface area contributed by atoms with Crippen LogP contribution in [0.4, 0.5) is 0 Å².